The van der Waals surface area contributed by atoms with Crippen LogP contribution in [0.25, 0.3) is 0 Å². The van der Waals surface area contributed by atoms with Gasteiger partial charge in [0.1, 0.15) is 5.76 Å². The van der Waals surface area contributed by atoms with Crippen molar-refractivity contribution in [3.05, 3.63) is 17.0 Å². The third kappa shape index (κ3) is 4.36. The van der Waals surface area contributed by atoms with E-state index in [1.165, 1.54) is 63.5 Å². The maximum absolute atomic E-state index is 5.26. The van der Waals surface area contributed by atoms with Crippen LogP contribution in [-0.2, 0) is 6.42 Å². The molecule has 140 valence electrons. The third-order valence-corrected chi connectivity index (χ3v) is 6.18. The smallest absolute Gasteiger partial charge is 0.193 e. The fraction of sp³-hybridized carbons (Fsp3) is 0.800. The highest BCUT2D eigenvalue weighted by Gasteiger charge is 2.36. The van der Waals surface area contributed by atoms with E-state index >= 15 is 0 Å². The summed E-state index contributed by atoms with van der Waals surface area (Å²) in [6.07, 6.45) is 12.1. The van der Waals surface area contributed by atoms with Gasteiger partial charge in [0.15, 0.2) is 5.96 Å². The molecule has 1 aliphatic carbocycles. The first-order chi connectivity index (χ1) is 12.1. The molecule has 1 saturated carbocycles. The number of aliphatic imine (C=N–C) groups is 1. The number of aryl methyl sites for hydroxylation is 2. The highest BCUT2D eigenvalue weighted by atomic mass is 16.5. The van der Waals surface area contributed by atoms with Crippen LogP contribution >= 0.6 is 0 Å². The minimum atomic E-state index is 0.536. The SMILES string of the molecule is CN=C(NCCc1c(C)noc1C)N1CCCC2(CCCCCC2)C1. The fourth-order valence-electron chi connectivity index (χ4n) is 4.77. The molecule has 2 fully saturated rings. The van der Waals surface area contributed by atoms with Gasteiger partial charge in [0.2, 0.25) is 0 Å². The van der Waals surface area contributed by atoms with Gasteiger partial charge >= 0.3 is 0 Å². The molecule has 1 N–H and O–H groups in total. The van der Waals surface area contributed by atoms with Crippen molar-refractivity contribution in [3.63, 3.8) is 0 Å². The first-order valence-electron chi connectivity index (χ1n) is 10.0. The predicted octanol–water partition coefficient (Wildman–Crippen LogP) is 3.85. The molecule has 1 aromatic rings. The lowest BCUT2D eigenvalue weighted by Crippen LogP contribution is -2.50. The number of hydrogen-bond acceptors (Lipinski definition) is 3. The van der Waals surface area contributed by atoms with Crippen molar-refractivity contribution in [2.75, 3.05) is 26.7 Å². The van der Waals surface area contributed by atoms with Crippen molar-refractivity contribution in [2.24, 2.45) is 10.4 Å². The molecular formula is C20H34N4O. The van der Waals surface area contributed by atoms with Gasteiger partial charge in [0, 0.05) is 32.2 Å². The van der Waals surface area contributed by atoms with E-state index < -0.39 is 0 Å². The van der Waals surface area contributed by atoms with E-state index in [-0.39, 0.29) is 0 Å². The largest absolute Gasteiger partial charge is 0.361 e. The van der Waals surface area contributed by atoms with Gasteiger partial charge in [-0.15, -0.1) is 0 Å². The van der Waals surface area contributed by atoms with Crippen LogP contribution in [0, 0.1) is 19.3 Å². The van der Waals surface area contributed by atoms with Crippen LogP contribution in [0.3, 0.4) is 0 Å². The Hall–Kier alpha value is -1.52. The molecule has 0 amide bonds. The van der Waals surface area contributed by atoms with Gasteiger partial charge in [-0.3, -0.25) is 4.99 Å². The molecule has 0 aromatic carbocycles. The topological polar surface area (TPSA) is 53.7 Å². The Morgan fingerprint density at radius 1 is 1.16 bits per heavy atom. The first-order valence-corrected chi connectivity index (χ1v) is 10.0. The van der Waals surface area contributed by atoms with E-state index in [1.54, 1.807) is 0 Å². The summed E-state index contributed by atoms with van der Waals surface area (Å²) in [4.78, 5) is 7.07. The summed E-state index contributed by atoms with van der Waals surface area (Å²) >= 11 is 0. The average Bonchev–Trinajstić information content (AvgIpc) is 2.80. The first kappa shape index (κ1) is 18.3. The zero-order chi connectivity index (χ0) is 17.7. The van der Waals surface area contributed by atoms with Crippen LogP contribution in [0.15, 0.2) is 9.52 Å². The molecule has 1 aromatic heterocycles. The van der Waals surface area contributed by atoms with Gasteiger partial charge in [0.25, 0.3) is 0 Å². The van der Waals surface area contributed by atoms with Crippen LogP contribution in [-0.4, -0.2) is 42.7 Å². The Kier molecular flexibility index (Phi) is 6.02. The van der Waals surface area contributed by atoms with Crippen molar-refractivity contribution in [3.8, 4) is 0 Å². The molecule has 0 bridgehead atoms. The highest BCUT2D eigenvalue weighted by Crippen LogP contribution is 2.42. The van der Waals surface area contributed by atoms with E-state index in [4.69, 9.17) is 4.52 Å². The average molecular weight is 347 g/mol. The Labute approximate surface area is 152 Å². The summed E-state index contributed by atoms with van der Waals surface area (Å²) in [7, 11) is 1.91. The molecule has 5 heteroatoms. The lowest BCUT2D eigenvalue weighted by molar-refractivity contribution is 0.115. The lowest BCUT2D eigenvalue weighted by Gasteiger charge is -2.44. The van der Waals surface area contributed by atoms with Crippen LogP contribution < -0.4 is 5.32 Å². The number of nitrogens with zero attached hydrogens (tertiary/aromatic N) is 3. The zero-order valence-electron chi connectivity index (χ0n) is 16.2. The van der Waals surface area contributed by atoms with Gasteiger partial charge in [-0.1, -0.05) is 30.8 Å². The molecule has 5 nitrogen and oxygen atoms in total. The minimum Gasteiger partial charge on any atom is -0.361 e. The van der Waals surface area contributed by atoms with Crippen LogP contribution in [0.2, 0.25) is 0 Å². The molecule has 2 aliphatic rings. The fourth-order valence-corrected chi connectivity index (χ4v) is 4.77. The number of hydrogen-bond donors (Lipinski definition) is 1. The standard InChI is InChI=1S/C20H34N4O/c1-16-18(17(2)25-23-16)9-13-22-19(21-3)24-14-8-12-20(15-24)10-6-4-5-7-11-20/h4-15H2,1-3H3,(H,21,22). The van der Waals surface area contributed by atoms with Crippen molar-refractivity contribution in [1.82, 2.24) is 15.4 Å². The highest BCUT2D eigenvalue weighted by molar-refractivity contribution is 5.80. The van der Waals surface area contributed by atoms with E-state index in [1.807, 2.05) is 20.9 Å². The molecule has 0 atom stereocenters. The summed E-state index contributed by atoms with van der Waals surface area (Å²) in [6, 6.07) is 0. The maximum atomic E-state index is 5.26. The molecular weight excluding hydrogens is 312 g/mol. The predicted molar refractivity (Wildman–Crippen MR) is 102 cm³/mol. The van der Waals surface area contributed by atoms with Gasteiger partial charge < -0.3 is 14.7 Å². The van der Waals surface area contributed by atoms with Gasteiger partial charge in [0.05, 0.1) is 5.69 Å². The summed E-state index contributed by atoms with van der Waals surface area (Å²) in [5.74, 6) is 2.00. The molecule has 25 heavy (non-hydrogen) atoms. The van der Waals surface area contributed by atoms with Crippen LogP contribution in [0.5, 0.6) is 0 Å². The Morgan fingerprint density at radius 3 is 2.52 bits per heavy atom. The van der Waals surface area contributed by atoms with Gasteiger partial charge in [-0.25, -0.2) is 0 Å². The number of rotatable bonds is 3. The summed E-state index contributed by atoms with van der Waals surface area (Å²) in [6.45, 7) is 7.19. The number of aromatic nitrogens is 1. The van der Waals surface area contributed by atoms with Gasteiger partial charge in [-0.05, 0) is 51.4 Å². The molecule has 1 spiro atoms. The molecule has 3 rings (SSSR count). The third-order valence-electron chi connectivity index (χ3n) is 6.18. The second-order valence-electron chi connectivity index (χ2n) is 7.97. The van der Waals surface area contributed by atoms with E-state index in [2.05, 4.69) is 20.4 Å². The molecule has 1 saturated heterocycles. The van der Waals surface area contributed by atoms with E-state index in [9.17, 15) is 0 Å². The number of guanidine groups is 1. The van der Waals surface area contributed by atoms with Crippen molar-refractivity contribution >= 4 is 5.96 Å². The Morgan fingerprint density at radius 2 is 1.88 bits per heavy atom. The molecule has 0 unspecified atom stereocenters. The number of piperidine rings is 1. The van der Waals surface area contributed by atoms with E-state index in [0.29, 0.717) is 5.41 Å². The zero-order valence-corrected chi connectivity index (χ0v) is 16.2. The maximum Gasteiger partial charge on any atom is 0.193 e. The quantitative estimate of drug-likeness (QED) is 0.667. The van der Waals surface area contributed by atoms with Crippen LogP contribution in [0.1, 0.15) is 68.4 Å². The molecule has 2 heterocycles. The summed E-state index contributed by atoms with van der Waals surface area (Å²) < 4.78 is 5.26. The summed E-state index contributed by atoms with van der Waals surface area (Å²) in [5.41, 5.74) is 2.76. The van der Waals surface area contributed by atoms with E-state index in [0.717, 1.165) is 36.9 Å². The lowest BCUT2D eigenvalue weighted by atomic mass is 9.74. The molecule has 1 aliphatic heterocycles. The monoisotopic (exact) mass is 346 g/mol. The normalized spacial score (nSPS) is 21.4. The van der Waals surface area contributed by atoms with Gasteiger partial charge in [-0.2, -0.15) is 0 Å². The second-order valence-corrected chi connectivity index (χ2v) is 7.97. The Balaban J connectivity index is 1.57. The van der Waals surface area contributed by atoms with Crippen molar-refractivity contribution in [1.29, 1.82) is 0 Å². The number of nitrogens with one attached hydrogen (secondary N) is 1. The number of likely N-dealkylation sites (tertiary alicyclic amines) is 1. The van der Waals surface area contributed by atoms with Crippen molar-refractivity contribution < 1.29 is 4.52 Å². The minimum absolute atomic E-state index is 0.536. The summed E-state index contributed by atoms with van der Waals surface area (Å²) in [5, 5.41) is 7.62. The molecule has 0 radical (unpaired) electrons. The van der Waals surface area contributed by atoms with Crippen molar-refractivity contribution in [2.45, 2.75) is 71.6 Å². The second kappa shape index (κ2) is 8.24. The Bertz CT molecular complexity index is 565. The van der Waals surface area contributed by atoms with Crippen LogP contribution in [0.4, 0.5) is 0 Å².